The van der Waals surface area contributed by atoms with Crippen LogP contribution in [0.25, 0.3) is 0 Å². The van der Waals surface area contributed by atoms with Gasteiger partial charge in [0, 0.05) is 10.9 Å². The summed E-state index contributed by atoms with van der Waals surface area (Å²) in [5.41, 5.74) is 1.29. The van der Waals surface area contributed by atoms with Crippen molar-refractivity contribution in [3.63, 3.8) is 0 Å². The summed E-state index contributed by atoms with van der Waals surface area (Å²) in [5, 5.41) is 3.27. The molecular formula is C10H18BrN. The summed E-state index contributed by atoms with van der Waals surface area (Å²) in [6, 6.07) is 0.481. The average Bonchev–Trinajstić information content (AvgIpc) is 2.06. The molecule has 0 amide bonds. The van der Waals surface area contributed by atoms with Crippen molar-refractivity contribution in [3.8, 4) is 0 Å². The highest BCUT2D eigenvalue weighted by atomic mass is 79.9. The van der Waals surface area contributed by atoms with Crippen molar-refractivity contribution in [2.24, 2.45) is 0 Å². The lowest BCUT2D eigenvalue weighted by molar-refractivity contribution is 0.561. The maximum Gasteiger partial charge on any atom is 0.0274 e. The zero-order chi connectivity index (χ0) is 9.56. The fourth-order valence-corrected chi connectivity index (χ4v) is 1.52. The molecule has 0 saturated carbocycles. The number of nitrogens with one attached hydrogen (secondary N) is 1. The van der Waals surface area contributed by atoms with Gasteiger partial charge >= 0.3 is 0 Å². The van der Waals surface area contributed by atoms with Crippen molar-refractivity contribution in [1.29, 1.82) is 0 Å². The third-order valence-electron chi connectivity index (χ3n) is 2.01. The molecule has 70 valence electrons. The van der Waals surface area contributed by atoms with E-state index in [0.29, 0.717) is 10.9 Å². The van der Waals surface area contributed by atoms with Crippen molar-refractivity contribution < 1.29 is 0 Å². The molecule has 0 bridgehead atoms. The average molecular weight is 232 g/mol. The SMILES string of the molecule is C=C/C(=C/C)CC(NC)[C@@H](C)Br. The van der Waals surface area contributed by atoms with Gasteiger partial charge in [-0.3, -0.25) is 0 Å². The van der Waals surface area contributed by atoms with Gasteiger partial charge in [-0.2, -0.15) is 0 Å². The van der Waals surface area contributed by atoms with Crippen LogP contribution in [0.3, 0.4) is 0 Å². The second kappa shape index (κ2) is 6.44. The third kappa shape index (κ3) is 4.07. The van der Waals surface area contributed by atoms with Gasteiger partial charge in [0.15, 0.2) is 0 Å². The van der Waals surface area contributed by atoms with E-state index in [2.05, 4.69) is 40.8 Å². The number of alkyl halides is 1. The minimum Gasteiger partial charge on any atom is -0.316 e. The molecule has 0 aromatic rings. The Bertz CT molecular complexity index is 161. The van der Waals surface area contributed by atoms with E-state index in [-0.39, 0.29) is 0 Å². The smallest absolute Gasteiger partial charge is 0.0274 e. The Hall–Kier alpha value is -0.0800. The Labute approximate surface area is 84.1 Å². The molecule has 0 rings (SSSR count). The molecule has 1 N–H and O–H groups in total. The highest BCUT2D eigenvalue weighted by Gasteiger charge is 2.12. The van der Waals surface area contributed by atoms with Crippen LogP contribution in [0, 0.1) is 0 Å². The minimum absolute atomic E-state index is 0.481. The molecule has 0 heterocycles. The van der Waals surface area contributed by atoms with Crippen LogP contribution < -0.4 is 5.32 Å². The second-order valence-corrected chi connectivity index (χ2v) is 4.29. The summed E-state index contributed by atoms with van der Waals surface area (Å²) in [6.45, 7) is 7.96. The Morgan fingerprint density at radius 3 is 2.50 bits per heavy atom. The van der Waals surface area contributed by atoms with Gasteiger partial charge in [-0.15, -0.1) is 0 Å². The first kappa shape index (κ1) is 11.9. The van der Waals surface area contributed by atoms with E-state index in [1.54, 1.807) is 0 Å². The van der Waals surface area contributed by atoms with E-state index in [4.69, 9.17) is 0 Å². The van der Waals surface area contributed by atoms with Gasteiger partial charge in [-0.05, 0) is 20.4 Å². The summed E-state index contributed by atoms with van der Waals surface area (Å²) >= 11 is 3.56. The van der Waals surface area contributed by atoms with Gasteiger partial charge in [-0.25, -0.2) is 0 Å². The summed E-state index contributed by atoms with van der Waals surface area (Å²) < 4.78 is 0. The van der Waals surface area contributed by atoms with E-state index < -0.39 is 0 Å². The van der Waals surface area contributed by atoms with Crippen molar-refractivity contribution in [2.75, 3.05) is 7.05 Å². The highest BCUT2D eigenvalue weighted by molar-refractivity contribution is 9.09. The fraction of sp³-hybridized carbons (Fsp3) is 0.600. The summed E-state index contributed by atoms with van der Waals surface area (Å²) in [4.78, 5) is 0.484. The van der Waals surface area contributed by atoms with Crippen LogP contribution in [0.5, 0.6) is 0 Å². The van der Waals surface area contributed by atoms with Crippen LogP contribution in [0.15, 0.2) is 24.3 Å². The molecule has 2 atom stereocenters. The molecule has 0 aliphatic carbocycles. The number of halogens is 1. The second-order valence-electron chi connectivity index (χ2n) is 2.84. The molecule has 0 aromatic heterocycles. The number of hydrogen-bond donors (Lipinski definition) is 1. The maximum atomic E-state index is 3.77. The number of hydrogen-bond acceptors (Lipinski definition) is 1. The van der Waals surface area contributed by atoms with Crippen LogP contribution >= 0.6 is 15.9 Å². The lowest BCUT2D eigenvalue weighted by Gasteiger charge is -2.19. The molecular weight excluding hydrogens is 214 g/mol. The topological polar surface area (TPSA) is 12.0 Å². The van der Waals surface area contributed by atoms with Gasteiger partial charge < -0.3 is 5.32 Å². The van der Waals surface area contributed by atoms with Gasteiger partial charge in [0.25, 0.3) is 0 Å². The fourth-order valence-electron chi connectivity index (χ4n) is 1.07. The van der Waals surface area contributed by atoms with E-state index in [9.17, 15) is 0 Å². The third-order valence-corrected chi connectivity index (χ3v) is 2.65. The molecule has 2 heteroatoms. The van der Waals surface area contributed by atoms with Crippen LogP contribution in [-0.2, 0) is 0 Å². The van der Waals surface area contributed by atoms with Gasteiger partial charge in [0.05, 0.1) is 0 Å². The van der Waals surface area contributed by atoms with Gasteiger partial charge in [0.1, 0.15) is 0 Å². The standard InChI is InChI=1S/C10H18BrN/c1-5-9(6-2)7-10(12-4)8(3)11/h5-6,8,10,12H,1,7H2,2-4H3/b9-6-/t8-,10?/m1/s1. The Kier molecular flexibility index (Phi) is 6.39. The zero-order valence-electron chi connectivity index (χ0n) is 8.10. The lowest BCUT2D eigenvalue weighted by atomic mass is 10.0. The van der Waals surface area contributed by atoms with Crippen molar-refractivity contribution >= 4 is 15.9 Å². The van der Waals surface area contributed by atoms with E-state index in [1.165, 1.54) is 5.57 Å². The maximum absolute atomic E-state index is 3.77. The van der Waals surface area contributed by atoms with E-state index in [1.807, 2.05) is 20.0 Å². The van der Waals surface area contributed by atoms with E-state index >= 15 is 0 Å². The minimum atomic E-state index is 0.481. The van der Waals surface area contributed by atoms with Crippen LogP contribution in [-0.4, -0.2) is 17.9 Å². The molecule has 0 saturated heterocycles. The summed E-state index contributed by atoms with van der Waals surface area (Å²) in [5.74, 6) is 0. The van der Waals surface area contributed by atoms with E-state index in [0.717, 1.165) is 6.42 Å². The monoisotopic (exact) mass is 231 g/mol. The molecule has 12 heavy (non-hydrogen) atoms. The Morgan fingerprint density at radius 1 is 1.67 bits per heavy atom. The quantitative estimate of drug-likeness (QED) is 0.567. The summed E-state index contributed by atoms with van der Waals surface area (Å²) in [6.07, 6.45) is 5.05. The first-order valence-corrected chi connectivity index (χ1v) is 5.16. The Morgan fingerprint density at radius 2 is 2.25 bits per heavy atom. The lowest BCUT2D eigenvalue weighted by Crippen LogP contribution is -2.32. The molecule has 0 radical (unpaired) electrons. The first-order valence-electron chi connectivity index (χ1n) is 4.24. The van der Waals surface area contributed by atoms with Crippen LogP contribution in [0.2, 0.25) is 0 Å². The molecule has 1 nitrogen and oxygen atoms in total. The molecule has 0 aromatic carbocycles. The predicted molar refractivity (Wildman–Crippen MR) is 59.8 cm³/mol. The first-order chi connectivity index (χ1) is 5.65. The van der Waals surface area contributed by atoms with Crippen LogP contribution in [0.4, 0.5) is 0 Å². The summed E-state index contributed by atoms with van der Waals surface area (Å²) in [7, 11) is 1.98. The largest absolute Gasteiger partial charge is 0.316 e. The van der Waals surface area contributed by atoms with Crippen molar-refractivity contribution in [1.82, 2.24) is 5.32 Å². The van der Waals surface area contributed by atoms with Crippen LogP contribution in [0.1, 0.15) is 20.3 Å². The van der Waals surface area contributed by atoms with Gasteiger partial charge in [0.2, 0.25) is 0 Å². The zero-order valence-corrected chi connectivity index (χ0v) is 9.69. The molecule has 0 aliphatic rings. The van der Waals surface area contributed by atoms with Gasteiger partial charge in [-0.1, -0.05) is 47.2 Å². The Balaban J connectivity index is 4.09. The highest BCUT2D eigenvalue weighted by Crippen LogP contribution is 2.14. The van der Waals surface area contributed by atoms with Crippen molar-refractivity contribution in [2.45, 2.75) is 31.1 Å². The molecule has 0 spiro atoms. The van der Waals surface area contributed by atoms with Crippen molar-refractivity contribution in [3.05, 3.63) is 24.3 Å². The number of rotatable bonds is 5. The molecule has 1 unspecified atom stereocenters. The molecule has 0 fully saturated rings. The normalized spacial score (nSPS) is 17.2. The number of allylic oxidation sites excluding steroid dienone is 2. The molecule has 0 aliphatic heterocycles. The predicted octanol–water partition coefficient (Wildman–Crippen LogP) is 2.88.